The van der Waals surface area contributed by atoms with Gasteiger partial charge in [0.1, 0.15) is 5.01 Å². The first-order chi connectivity index (χ1) is 9.52. The molecule has 0 aliphatic carbocycles. The van der Waals surface area contributed by atoms with E-state index in [2.05, 4.69) is 15.0 Å². The molecule has 0 saturated carbocycles. The van der Waals surface area contributed by atoms with Crippen molar-refractivity contribution in [3.05, 3.63) is 27.1 Å². The van der Waals surface area contributed by atoms with Crippen molar-refractivity contribution in [3.63, 3.8) is 0 Å². The topological polar surface area (TPSA) is 70.7 Å². The minimum absolute atomic E-state index is 0.127. The van der Waals surface area contributed by atoms with Crippen molar-refractivity contribution >= 4 is 16.3 Å². The highest BCUT2D eigenvalue weighted by Gasteiger charge is 2.26. The van der Waals surface area contributed by atoms with E-state index in [9.17, 15) is 9.90 Å². The Morgan fingerprint density at radius 2 is 2.40 bits per heavy atom. The highest BCUT2D eigenvalue weighted by molar-refractivity contribution is 7.16. The molecule has 1 fully saturated rings. The van der Waals surface area contributed by atoms with Gasteiger partial charge in [-0.05, 0) is 32.7 Å². The predicted molar refractivity (Wildman–Crippen MR) is 76.9 cm³/mol. The van der Waals surface area contributed by atoms with E-state index in [-0.39, 0.29) is 11.7 Å². The molecule has 1 N–H and O–H groups in total. The standard InChI is InChI=1S/C13H18N4O2S/c1-8-5-12(19)17-13(14-8)20-11(15-17)7-16-4-3-10(6-16)9(2)18/h5,9-10,18H,3-4,6-7H2,1-2H3. The molecule has 2 aromatic rings. The fourth-order valence-electron chi connectivity index (χ4n) is 2.62. The van der Waals surface area contributed by atoms with E-state index in [0.29, 0.717) is 10.9 Å². The molecule has 1 saturated heterocycles. The maximum atomic E-state index is 11.8. The largest absolute Gasteiger partial charge is 0.393 e. The van der Waals surface area contributed by atoms with Crippen molar-refractivity contribution < 1.29 is 5.11 Å². The summed E-state index contributed by atoms with van der Waals surface area (Å²) >= 11 is 1.46. The highest BCUT2D eigenvalue weighted by atomic mass is 32.1. The summed E-state index contributed by atoms with van der Waals surface area (Å²) in [6.07, 6.45) is 0.752. The molecular formula is C13H18N4O2S. The number of nitrogens with zero attached hydrogens (tertiary/aromatic N) is 4. The molecule has 0 radical (unpaired) electrons. The Labute approximate surface area is 120 Å². The Morgan fingerprint density at radius 3 is 3.10 bits per heavy atom. The zero-order valence-corrected chi connectivity index (χ0v) is 12.4. The number of likely N-dealkylation sites (tertiary alicyclic amines) is 1. The summed E-state index contributed by atoms with van der Waals surface area (Å²) in [4.78, 5) is 19.1. The molecule has 2 aromatic heterocycles. The van der Waals surface area contributed by atoms with Crippen LogP contribution in [-0.2, 0) is 6.54 Å². The Hall–Kier alpha value is -1.31. The van der Waals surface area contributed by atoms with Crippen LogP contribution in [0.5, 0.6) is 0 Å². The molecule has 6 nitrogen and oxygen atoms in total. The zero-order chi connectivity index (χ0) is 14.3. The minimum Gasteiger partial charge on any atom is -0.393 e. The second-order valence-corrected chi connectivity index (χ2v) is 6.49. The van der Waals surface area contributed by atoms with Crippen molar-refractivity contribution in [1.82, 2.24) is 19.5 Å². The molecular weight excluding hydrogens is 276 g/mol. The van der Waals surface area contributed by atoms with Gasteiger partial charge in [0.05, 0.1) is 12.6 Å². The maximum absolute atomic E-state index is 11.8. The van der Waals surface area contributed by atoms with Crippen LogP contribution in [0.1, 0.15) is 24.0 Å². The molecule has 20 heavy (non-hydrogen) atoms. The maximum Gasteiger partial charge on any atom is 0.275 e. The summed E-state index contributed by atoms with van der Waals surface area (Å²) in [7, 11) is 0. The van der Waals surface area contributed by atoms with Gasteiger partial charge in [-0.3, -0.25) is 9.69 Å². The Morgan fingerprint density at radius 1 is 1.60 bits per heavy atom. The summed E-state index contributed by atoms with van der Waals surface area (Å²) in [6, 6.07) is 1.50. The quantitative estimate of drug-likeness (QED) is 0.900. The first kappa shape index (κ1) is 13.7. The van der Waals surface area contributed by atoms with Crippen LogP contribution < -0.4 is 5.56 Å². The van der Waals surface area contributed by atoms with E-state index in [0.717, 1.165) is 36.8 Å². The molecule has 0 aromatic carbocycles. The number of aromatic nitrogens is 3. The lowest BCUT2D eigenvalue weighted by Crippen LogP contribution is -2.24. The SMILES string of the molecule is Cc1cc(=O)n2nc(CN3CCC(C(C)O)C3)sc2n1. The number of aryl methyl sites for hydroxylation is 1. The summed E-state index contributed by atoms with van der Waals surface area (Å²) in [5.74, 6) is 0.340. The monoisotopic (exact) mass is 294 g/mol. The average Bonchev–Trinajstić information content (AvgIpc) is 2.96. The minimum atomic E-state index is -0.262. The second-order valence-electron chi connectivity index (χ2n) is 5.45. The van der Waals surface area contributed by atoms with E-state index in [4.69, 9.17) is 0 Å². The first-order valence-electron chi connectivity index (χ1n) is 6.80. The average molecular weight is 294 g/mol. The van der Waals surface area contributed by atoms with Gasteiger partial charge in [-0.1, -0.05) is 11.3 Å². The molecule has 3 heterocycles. The van der Waals surface area contributed by atoms with Crippen LogP contribution in [0, 0.1) is 12.8 Å². The molecule has 1 aliphatic rings. The van der Waals surface area contributed by atoms with Gasteiger partial charge in [-0.25, -0.2) is 4.98 Å². The van der Waals surface area contributed by atoms with Gasteiger partial charge in [-0.15, -0.1) is 0 Å². The van der Waals surface area contributed by atoms with Crippen molar-refractivity contribution in [2.24, 2.45) is 5.92 Å². The van der Waals surface area contributed by atoms with Crippen LogP contribution in [0.4, 0.5) is 0 Å². The van der Waals surface area contributed by atoms with Crippen LogP contribution in [0.2, 0.25) is 0 Å². The van der Waals surface area contributed by atoms with E-state index in [1.54, 1.807) is 0 Å². The molecule has 0 spiro atoms. The van der Waals surface area contributed by atoms with Gasteiger partial charge in [0.25, 0.3) is 5.56 Å². The van der Waals surface area contributed by atoms with Crippen LogP contribution in [-0.4, -0.2) is 43.8 Å². The van der Waals surface area contributed by atoms with Crippen LogP contribution in [0.15, 0.2) is 10.9 Å². The molecule has 2 atom stereocenters. The van der Waals surface area contributed by atoms with Gasteiger partial charge >= 0.3 is 0 Å². The van der Waals surface area contributed by atoms with Crippen molar-refractivity contribution in [2.45, 2.75) is 32.9 Å². The lowest BCUT2D eigenvalue weighted by Gasteiger charge is -2.15. The predicted octanol–water partition coefficient (Wildman–Crippen LogP) is 0.662. The molecule has 2 unspecified atom stereocenters. The molecule has 3 rings (SSSR count). The number of hydrogen-bond acceptors (Lipinski definition) is 6. The summed E-state index contributed by atoms with van der Waals surface area (Å²) in [5.41, 5.74) is 0.596. The number of hydrogen-bond donors (Lipinski definition) is 1. The van der Waals surface area contributed by atoms with E-state index in [1.165, 1.54) is 21.9 Å². The molecule has 7 heteroatoms. The van der Waals surface area contributed by atoms with Crippen molar-refractivity contribution in [2.75, 3.05) is 13.1 Å². The van der Waals surface area contributed by atoms with Gasteiger partial charge in [-0.2, -0.15) is 9.61 Å². The lowest BCUT2D eigenvalue weighted by molar-refractivity contribution is 0.127. The first-order valence-corrected chi connectivity index (χ1v) is 7.61. The normalized spacial score (nSPS) is 21.6. The smallest absolute Gasteiger partial charge is 0.275 e. The van der Waals surface area contributed by atoms with Gasteiger partial charge in [0, 0.05) is 18.3 Å². The van der Waals surface area contributed by atoms with E-state index in [1.807, 2.05) is 13.8 Å². The number of rotatable bonds is 3. The van der Waals surface area contributed by atoms with Gasteiger partial charge in [0.2, 0.25) is 4.96 Å². The van der Waals surface area contributed by atoms with E-state index >= 15 is 0 Å². The Bertz CT molecular complexity index is 679. The fraction of sp³-hybridized carbons (Fsp3) is 0.615. The van der Waals surface area contributed by atoms with Gasteiger partial charge < -0.3 is 5.11 Å². The lowest BCUT2D eigenvalue weighted by atomic mass is 10.0. The third kappa shape index (κ3) is 2.61. The Kier molecular flexibility index (Phi) is 3.57. The third-order valence-electron chi connectivity index (χ3n) is 3.76. The fourth-order valence-corrected chi connectivity index (χ4v) is 3.60. The van der Waals surface area contributed by atoms with Crippen molar-refractivity contribution in [1.29, 1.82) is 0 Å². The number of fused-ring (bicyclic) bond motifs is 1. The Balaban J connectivity index is 1.79. The number of aliphatic hydroxyl groups excluding tert-OH is 1. The molecule has 0 amide bonds. The summed E-state index contributed by atoms with van der Waals surface area (Å²) in [6.45, 7) is 6.23. The third-order valence-corrected chi connectivity index (χ3v) is 4.66. The molecule has 0 bridgehead atoms. The summed E-state index contributed by atoms with van der Waals surface area (Å²) < 4.78 is 1.37. The molecule has 108 valence electrons. The zero-order valence-electron chi connectivity index (χ0n) is 11.6. The van der Waals surface area contributed by atoms with Crippen LogP contribution in [0.3, 0.4) is 0 Å². The number of aliphatic hydroxyl groups is 1. The van der Waals surface area contributed by atoms with Crippen molar-refractivity contribution in [3.8, 4) is 0 Å². The van der Waals surface area contributed by atoms with Gasteiger partial charge in [0.15, 0.2) is 0 Å². The highest BCUT2D eigenvalue weighted by Crippen LogP contribution is 2.22. The molecule has 1 aliphatic heterocycles. The summed E-state index contributed by atoms with van der Waals surface area (Å²) in [5, 5.41) is 14.9. The van der Waals surface area contributed by atoms with E-state index < -0.39 is 0 Å². The van der Waals surface area contributed by atoms with Crippen LogP contribution in [0.25, 0.3) is 4.96 Å². The second kappa shape index (κ2) is 5.23. The van der Waals surface area contributed by atoms with Crippen LogP contribution >= 0.6 is 11.3 Å².